The zero-order valence-corrected chi connectivity index (χ0v) is 17.8. The maximum Gasteiger partial charge on any atom is 0.266 e. The Kier molecular flexibility index (Phi) is 18.7. The summed E-state index contributed by atoms with van der Waals surface area (Å²) in [5.74, 6) is -0.218. The van der Waals surface area contributed by atoms with Gasteiger partial charge in [-0.25, -0.2) is 0 Å². The Labute approximate surface area is 167 Å². The Morgan fingerprint density at radius 3 is 1.67 bits per heavy atom. The van der Waals surface area contributed by atoms with Crippen molar-refractivity contribution in [2.24, 2.45) is 0 Å². The van der Waals surface area contributed by atoms with Crippen LogP contribution in [0.5, 0.6) is 0 Å². The number of hydrogen-bond donors (Lipinski definition) is 2. The van der Waals surface area contributed by atoms with Crippen LogP contribution in [0.15, 0.2) is 48.6 Å². The van der Waals surface area contributed by atoms with E-state index in [9.17, 15) is 8.42 Å². The second-order valence-corrected chi connectivity index (χ2v) is 8.19. The molecular formula is C22H39NO3S. The Morgan fingerprint density at radius 1 is 0.704 bits per heavy atom. The molecule has 0 saturated heterocycles. The summed E-state index contributed by atoms with van der Waals surface area (Å²) in [4.78, 5) is 0. The van der Waals surface area contributed by atoms with Crippen LogP contribution in [0.3, 0.4) is 0 Å². The van der Waals surface area contributed by atoms with Crippen LogP contribution < -0.4 is 5.32 Å². The van der Waals surface area contributed by atoms with Gasteiger partial charge in [-0.05, 0) is 57.9 Å². The molecule has 27 heavy (non-hydrogen) atoms. The van der Waals surface area contributed by atoms with E-state index in [0.717, 1.165) is 45.1 Å². The summed E-state index contributed by atoms with van der Waals surface area (Å²) >= 11 is 0. The van der Waals surface area contributed by atoms with E-state index in [1.807, 2.05) is 0 Å². The highest BCUT2D eigenvalue weighted by molar-refractivity contribution is 7.85. The predicted molar refractivity (Wildman–Crippen MR) is 118 cm³/mol. The van der Waals surface area contributed by atoms with Gasteiger partial charge in [-0.3, -0.25) is 4.55 Å². The molecule has 2 N–H and O–H groups in total. The van der Waals surface area contributed by atoms with Crippen LogP contribution in [-0.2, 0) is 10.1 Å². The molecule has 0 rings (SSSR count). The average molecular weight is 398 g/mol. The standard InChI is InChI=1S/C22H39NO3S/c1-2-3-4-5-6-7-8-9-10-11-12-13-14-15-16-17-18-19-20-23-21-22-27(24,25)26/h6-7,9-10,12-13,15-16,23H,2-5,8,11,14,17-22H2,1H3,(H,24,25,26)/b7-6-,10-9-,13-12-,16-15-. The molecular weight excluding hydrogens is 358 g/mol. The van der Waals surface area contributed by atoms with Crippen molar-refractivity contribution in [2.75, 3.05) is 18.8 Å². The topological polar surface area (TPSA) is 66.4 Å². The monoisotopic (exact) mass is 397 g/mol. The number of nitrogens with one attached hydrogen (secondary N) is 1. The normalized spacial score (nSPS) is 13.1. The van der Waals surface area contributed by atoms with Crippen LogP contribution in [0, 0.1) is 0 Å². The molecule has 0 aromatic carbocycles. The summed E-state index contributed by atoms with van der Waals surface area (Å²) < 4.78 is 29.6. The zero-order valence-electron chi connectivity index (χ0n) is 17.0. The average Bonchev–Trinajstić information content (AvgIpc) is 2.62. The Balaban J connectivity index is 3.39. The Bertz CT molecular complexity index is 534. The molecule has 0 spiro atoms. The minimum absolute atomic E-state index is 0.218. The molecule has 0 aliphatic heterocycles. The quantitative estimate of drug-likeness (QED) is 0.179. The lowest BCUT2D eigenvalue weighted by Crippen LogP contribution is -2.23. The number of rotatable bonds is 18. The van der Waals surface area contributed by atoms with Crippen molar-refractivity contribution in [1.29, 1.82) is 0 Å². The van der Waals surface area contributed by atoms with Crippen molar-refractivity contribution >= 4 is 10.1 Å². The highest BCUT2D eigenvalue weighted by Crippen LogP contribution is 2.01. The van der Waals surface area contributed by atoms with Crippen LogP contribution in [-0.4, -0.2) is 31.8 Å². The molecule has 0 aliphatic carbocycles. The van der Waals surface area contributed by atoms with Gasteiger partial charge in [0.05, 0.1) is 5.75 Å². The second kappa shape index (κ2) is 19.6. The highest BCUT2D eigenvalue weighted by Gasteiger charge is 2.01. The lowest BCUT2D eigenvalue weighted by atomic mass is 10.2. The molecule has 0 heterocycles. The molecule has 0 aromatic rings. The second-order valence-electron chi connectivity index (χ2n) is 6.62. The van der Waals surface area contributed by atoms with Crippen LogP contribution in [0.25, 0.3) is 0 Å². The fourth-order valence-corrected chi connectivity index (χ4v) is 2.80. The molecule has 0 saturated carbocycles. The number of hydrogen-bond acceptors (Lipinski definition) is 3. The summed E-state index contributed by atoms with van der Waals surface area (Å²) in [6.45, 7) is 3.32. The van der Waals surface area contributed by atoms with Gasteiger partial charge in [0.25, 0.3) is 10.1 Å². The molecule has 0 aromatic heterocycles. The van der Waals surface area contributed by atoms with Crippen LogP contribution in [0.2, 0.25) is 0 Å². The zero-order chi connectivity index (χ0) is 20.1. The fourth-order valence-electron chi connectivity index (χ4n) is 2.40. The van der Waals surface area contributed by atoms with Crippen molar-refractivity contribution in [1.82, 2.24) is 5.32 Å². The van der Waals surface area contributed by atoms with Gasteiger partial charge in [-0.15, -0.1) is 0 Å². The molecule has 156 valence electrons. The summed E-state index contributed by atoms with van der Waals surface area (Å²) in [6, 6.07) is 0. The van der Waals surface area contributed by atoms with Gasteiger partial charge in [0.2, 0.25) is 0 Å². The first-order chi connectivity index (χ1) is 13.1. The van der Waals surface area contributed by atoms with Crippen LogP contribution in [0.4, 0.5) is 0 Å². The minimum Gasteiger partial charge on any atom is -0.316 e. The lowest BCUT2D eigenvalue weighted by Gasteiger charge is -2.01. The third kappa shape index (κ3) is 24.8. The predicted octanol–water partition coefficient (Wildman–Crippen LogP) is 5.61. The van der Waals surface area contributed by atoms with Crippen molar-refractivity contribution in [3.63, 3.8) is 0 Å². The Morgan fingerprint density at radius 2 is 1.19 bits per heavy atom. The van der Waals surface area contributed by atoms with Gasteiger partial charge in [0.1, 0.15) is 0 Å². The van der Waals surface area contributed by atoms with E-state index >= 15 is 0 Å². The van der Waals surface area contributed by atoms with E-state index in [0.29, 0.717) is 6.54 Å². The van der Waals surface area contributed by atoms with Gasteiger partial charge in [0, 0.05) is 6.54 Å². The highest BCUT2D eigenvalue weighted by atomic mass is 32.2. The van der Waals surface area contributed by atoms with Crippen molar-refractivity contribution < 1.29 is 13.0 Å². The van der Waals surface area contributed by atoms with Gasteiger partial charge < -0.3 is 5.32 Å². The lowest BCUT2D eigenvalue weighted by molar-refractivity contribution is 0.480. The van der Waals surface area contributed by atoms with Crippen LogP contribution >= 0.6 is 0 Å². The van der Waals surface area contributed by atoms with E-state index in [2.05, 4.69) is 60.8 Å². The third-order valence-electron chi connectivity index (χ3n) is 3.97. The first-order valence-electron chi connectivity index (χ1n) is 10.3. The molecule has 0 aliphatic rings. The van der Waals surface area contributed by atoms with E-state index in [1.165, 1.54) is 25.7 Å². The van der Waals surface area contributed by atoms with E-state index < -0.39 is 10.1 Å². The third-order valence-corrected chi connectivity index (χ3v) is 4.69. The number of allylic oxidation sites excluding steroid dienone is 8. The molecule has 4 nitrogen and oxygen atoms in total. The van der Waals surface area contributed by atoms with E-state index in [4.69, 9.17) is 4.55 Å². The van der Waals surface area contributed by atoms with Crippen molar-refractivity contribution in [3.8, 4) is 0 Å². The fraction of sp³-hybridized carbons (Fsp3) is 0.636. The molecule has 0 unspecified atom stereocenters. The van der Waals surface area contributed by atoms with Gasteiger partial charge in [0.15, 0.2) is 0 Å². The first-order valence-corrected chi connectivity index (χ1v) is 11.9. The smallest absolute Gasteiger partial charge is 0.266 e. The SMILES string of the molecule is CCCCC/C=C\C/C=C\C/C=C\C/C=C\CCCCNCCS(=O)(=O)O. The summed E-state index contributed by atoms with van der Waals surface area (Å²) in [5, 5.41) is 3.01. The summed E-state index contributed by atoms with van der Waals surface area (Å²) in [6.07, 6.45) is 29.0. The van der Waals surface area contributed by atoms with Crippen molar-refractivity contribution in [3.05, 3.63) is 48.6 Å². The molecule has 0 bridgehead atoms. The minimum atomic E-state index is -3.84. The Hall–Kier alpha value is -1.17. The summed E-state index contributed by atoms with van der Waals surface area (Å²) in [5.41, 5.74) is 0. The number of unbranched alkanes of at least 4 members (excludes halogenated alkanes) is 5. The molecule has 0 fully saturated rings. The van der Waals surface area contributed by atoms with Crippen molar-refractivity contribution in [2.45, 2.75) is 71.1 Å². The van der Waals surface area contributed by atoms with Crippen LogP contribution in [0.1, 0.15) is 71.1 Å². The first kappa shape index (κ1) is 25.8. The molecule has 5 heteroatoms. The largest absolute Gasteiger partial charge is 0.316 e. The maximum atomic E-state index is 10.5. The van der Waals surface area contributed by atoms with E-state index in [1.54, 1.807) is 0 Å². The molecule has 0 radical (unpaired) electrons. The molecule has 0 amide bonds. The van der Waals surface area contributed by atoms with Gasteiger partial charge >= 0.3 is 0 Å². The maximum absolute atomic E-state index is 10.5. The van der Waals surface area contributed by atoms with Gasteiger partial charge in [-0.2, -0.15) is 8.42 Å². The van der Waals surface area contributed by atoms with E-state index in [-0.39, 0.29) is 5.75 Å². The van der Waals surface area contributed by atoms with Gasteiger partial charge in [-0.1, -0.05) is 68.4 Å². The molecule has 0 atom stereocenters. The summed E-state index contributed by atoms with van der Waals surface area (Å²) in [7, 11) is -3.84.